The molecular weight excluding hydrogens is 421 g/mol. The number of aliphatic hydroxyl groups is 2. The fourth-order valence-corrected chi connectivity index (χ4v) is 2.38. The van der Waals surface area contributed by atoms with Gasteiger partial charge in [-0.2, -0.15) is 22.0 Å². The van der Waals surface area contributed by atoms with E-state index < -0.39 is 47.7 Å². The molecule has 0 aliphatic carbocycles. The Morgan fingerprint density at radius 1 is 1.07 bits per heavy atom. The van der Waals surface area contributed by atoms with Crippen LogP contribution in [0.4, 0.5) is 22.0 Å². The number of rotatable bonds is 12. The molecule has 0 fully saturated rings. The van der Waals surface area contributed by atoms with Crippen LogP contribution in [-0.4, -0.2) is 70.6 Å². The molecule has 0 amide bonds. The molecule has 0 radical (unpaired) electrons. The van der Waals surface area contributed by atoms with E-state index in [2.05, 4.69) is 0 Å². The summed E-state index contributed by atoms with van der Waals surface area (Å²) in [5, 5.41) is 27.7. The van der Waals surface area contributed by atoms with Crippen molar-refractivity contribution in [2.24, 2.45) is 5.73 Å². The molecule has 1 aromatic carbocycles. The van der Waals surface area contributed by atoms with Gasteiger partial charge in [0.2, 0.25) is 5.78 Å². The van der Waals surface area contributed by atoms with Crippen LogP contribution in [-0.2, 0) is 16.0 Å². The Kier molecular flexibility index (Phi) is 8.84. The Morgan fingerprint density at radius 2 is 1.63 bits per heavy atom. The second-order valence-corrected chi connectivity index (χ2v) is 6.62. The summed E-state index contributed by atoms with van der Waals surface area (Å²) >= 11 is 0. The van der Waals surface area contributed by atoms with Gasteiger partial charge >= 0.3 is 18.1 Å². The van der Waals surface area contributed by atoms with Gasteiger partial charge in [-0.25, -0.2) is 0 Å². The van der Waals surface area contributed by atoms with Crippen molar-refractivity contribution in [2.45, 2.75) is 43.0 Å². The number of carbonyl (C=O) groups excluding carboxylic acids is 1. The van der Waals surface area contributed by atoms with E-state index in [1.54, 1.807) is 0 Å². The van der Waals surface area contributed by atoms with Gasteiger partial charge in [0.25, 0.3) is 0 Å². The van der Waals surface area contributed by atoms with E-state index in [1.807, 2.05) is 0 Å². The smallest absolute Gasteiger partial charge is 0.461 e. The lowest BCUT2D eigenvalue weighted by atomic mass is 9.91. The predicted octanol–water partition coefficient (Wildman–Crippen LogP) is 1.54. The molecule has 0 aliphatic rings. The van der Waals surface area contributed by atoms with Crippen LogP contribution in [0.1, 0.15) is 28.8 Å². The number of hydrogen-bond acceptors (Lipinski definition) is 6. The largest absolute Gasteiger partial charge is 0.480 e. The summed E-state index contributed by atoms with van der Waals surface area (Å²) < 4.78 is 68.1. The normalized spacial score (nSPS) is 15.5. The SMILES string of the molecule is NC(CO)(C(=O)O)C(O)CCCOCCc1ccc(C(=O)C(F)(F)C(F)(F)F)cc1. The van der Waals surface area contributed by atoms with Gasteiger partial charge in [-0.1, -0.05) is 24.3 Å². The number of carboxylic acid groups (broad SMARTS) is 1. The van der Waals surface area contributed by atoms with Crippen LogP contribution in [0.2, 0.25) is 0 Å². The second kappa shape index (κ2) is 10.2. The number of alkyl halides is 5. The number of aliphatic carboxylic acids is 1. The average molecular weight is 443 g/mol. The highest BCUT2D eigenvalue weighted by Crippen LogP contribution is 2.37. The van der Waals surface area contributed by atoms with E-state index in [1.165, 1.54) is 12.1 Å². The van der Waals surface area contributed by atoms with E-state index in [-0.39, 0.29) is 32.5 Å². The minimum absolute atomic E-state index is 0.0480. The van der Waals surface area contributed by atoms with Crippen LogP contribution >= 0.6 is 0 Å². The molecule has 0 heterocycles. The average Bonchev–Trinajstić information content (AvgIpc) is 2.68. The molecule has 0 bridgehead atoms. The lowest BCUT2D eigenvalue weighted by molar-refractivity contribution is -0.255. The lowest BCUT2D eigenvalue weighted by Crippen LogP contribution is -2.60. The summed E-state index contributed by atoms with van der Waals surface area (Å²) in [4.78, 5) is 22.3. The van der Waals surface area contributed by atoms with E-state index >= 15 is 0 Å². The molecule has 0 saturated heterocycles. The molecule has 170 valence electrons. The second-order valence-electron chi connectivity index (χ2n) is 6.62. The number of aliphatic hydroxyl groups excluding tert-OH is 2. The number of benzene rings is 1. The van der Waals surface area contributed by atoms with Crippen molar-refractivity contribution in [3.8, 4) is 0 Å². The van der Waals surface area contributed by atoms with Crippen molar-refractivity contribution < 1.29 is 51.6 Å². The highest BCUT2D eigenvalue weighted by atomic mass is 19.4. The minimum Gasteiger partial charge on any atom is -0.480 e. The van der Waals surface area contributed by atoms with Crippen molar-refractivity contribution in [2.75, 3.05) is 19.8 Å². The molecule has 0 spiro atoms. The molecule has 5 N–H and O–H groups in total. The van der Waals surface area contributed by atoms with Crippen molar-refractivity contribution in [1.82, 2.24) is 0 Å². The number of carbonyl (C=O) groups is 2. The Hall–Kier alpha value is -2.15. The third-order valence-corrected chi connectivity index (χ3v) is 4.41. The molecule has 0 saturated carbocycles. The van der Waals surface area contributed by atoms with Gasteiger partial charge in [-0.05, 0) is 24.8 Å². The minimum atomic E-state index is -5.98. The van der Waals surface area contributed by atoms with Gasteiger partial charge in [0.05, 0.1) is 19.3 Å². The number of ether oxygens (including phenoxy) is 1. The first-order valence-corrected chi connectivity index (χ1v) is 8.74. The van der Waals surface area contributed by atoms with Crippen molar-refractivity contribution in [3.63, 3.8) is 0 Å². The molecule has 0 aromatic heterocycles. The highest BCUT2D eigenvalue weighted by molar-refractivity contribution is 6.01. The van der Waals surface area contributed by atoms with Crippen LogP contribution < -0.4 is 5.73 Å². The molecule has 30 heavy (non-hydrogen) atoms. The number of halogens is 5. The molecule has 1 aromatic rings. The zero-order valence-electron chi connectivity index (χ0n) is 15.7. The van der Waals surface area contributed by atoms with Crippen LogP contribution in [0.3, 0.4) is 0 Å². The summed E-state index contributed by atoms with van der Waals surface area (Å²) in [6.07, 6.45) is -7.03. The molecule has 0 aliphatic heterocycles. The van der Waals surface area contributed by atoms with Crippen molar-refractivity contribution in [1.29, 1.82) is 0 Å². The first-order valence-electron chi connectivity index (χ1n) is 8.74. The Labute approximate surface area is 168 Å². The summed E-state index contributed by atoms with van der Waals surface area (Å²) in [7, 11) is 0. The molecule has 12 heteroatoms. The van der Waals surface area contributed by atoms with Crippen LogP contribution in [0.25, 0.3) is 0 Å². The van der Waals surface area contributed by atoms with Crippen LogP contribution in [0, 0.1) is 0 Å². The molecule has 2 unspecified atom stereocenters. The molecule has 7 nitrogen and oxygen atoms in total. The predicted molar refractivity (Wildman–Crippen MR) is 93.2 cm³/mol. The maximum absolute atomic E-state index is 13.1. The van der Waals surface area contributed by atoms with E-state index in [0.717, 1.165) is 12.1 Å². The van der Waals surface area contributed by atoms with E-state index in [0.29, 0.717) is 5.56 Å². The maximum Gasteiger partial charge on any atom is 0.461 e. The summed E-state index contributed by atoms with van der Waals surface area (Å²) in [5.74, 6) is -9.36. The highest BCUT2D eigenvalue weighted by Gasteiger charge is 2.63. The van der Waals surface area contributed by atoms with Gasteiger partial charge in [-0.3, -0.25) is 9.59 Å². The first kappa shape index (κ1) is 25.9. The van der Waals surface area contributed by atoms with Crippen molar-refractivity contribution in [3.05, 3.63) is 35.4 Å². The maximum atomic E-state index is 13.1. The number of hydrogen-bond donors (Lipinski definition) is 4. The monoisotopic (exact) mass is 443 g/mol. The number of carboxylic acids is 1. The van der Waals surface area contributed by atoms with Crippen LogP contribution in [0.5, 0.6) is 0 Å². The Balaban J connectivity index is 2.44. The van der Waals surface area contributed by atoms with E-state index in [4.69, 9.17) is 20.7 Å². The Bertz CT molecular complexity index is 725. The number of nitrogens with two attached hydrogens (primary N) is 1. The standard InChI is InChI=1S/C18H22F5NO6/c19-17(20,18(21,22)23)14(27)12-5-3-11(4-6-12)7-9-30-8-1-2-13(26)16(24,10-25)15(28)29/h3-6,13,25-26H,1-2,7-10,24H2,(H,28,29). The Morgan fingerprint density at radius 3 is 2.10 bits per heavy atom. The quantitative estimate of drug-likeness (QED) is 0.219. The summed E-state index contributed by atoms with van der Waals surface area (Å²) in [5.41, 5.74) is 2.98. The van der Waals surface area contributed by atoms with E-state index in [9.17, 15) is 36.6 Å². The summed E-state index contributed by atoms with van der Waals surface area (Å²) in [6, 6.07) is 4.19. The number of Topliss-reactive ketones (excluding diaryl/α,β-unsaturated/α-hetero) is 1. The topological polar surface area (TPSA) is 130 Å². The van der Waals surface area contributed by atoms with Crippen LogP contribution in [0.15, 0.2) is 24.3 Å². The zero-order chi connectivity index (χ0) is 23.2. The van der Waals surface area contributed by atoms with Gasteiger partial charge in [0.1, 0.15) is 0 Å². The van der Waals surface area contributed by atoms with Gasteiger partial charge in [0, 0.05) is 12.2 Å². The molecule has 2 atom stereocenters. The third kappa shape index (κ3) is 6.17. The number of ketones is 1. The first-order chi connectivity index (χ1) is 13.8. The lowest BCUT2D eigenvalue weighted by Gasteiger charge is -2.27. The van der Waals surface area contributed by atoms with Gasteiger partial charge in [-0.15, -0.1) is 0 Å². The summed E-state index contributed by atoms with van der Waals surface area (Å²) in [6.45, 7) is -0.695. The van der Waals surface area contributed by atoms with Gasteiger partial charge < -0.3 is 25.8 Å². The fraction of sp³-hybridized carbons (Fsp3) is 0.556. The zero-order valence-corrected chi connectivity index (χ0v) is 15.7. The third-order valence-electron chi connectivity index (χ3n) is 4.41. The fourth-order valence-electron chi connectivity index (χ4n) is 2.38. The molecule has 1 rings (SSSR count). The molecular formula is C18H22F5NO6. The van der Waals surface area contributed by atoms with Crippen molar-refractivity contribution >= 4 is 11.8 Å². The van der Waals surface area contributed by atoms with Gasteiger partial charge in [0.15, 0.2) is 5.54 Å².